The van der Waals surface area contributed by atoms with Crippen LogP contribution in [0.2, 0.25) is 0 Å². The van der Waals surface area contributed by atoms with Crippen molar-refractivity contribution in [2.45, 2.75) is 145 Å². The van der Waals surface area contributed by atoms with Crippen molar-refractivity contribution in [1.82, 2.24) is 14.6 Å². The molecule has 1 fully saturated rings. The molecule has 3 heterocycles. The minimum absolute atomic E-state index is 0.106. The number of rotatable bonds is 29. The van der Waals surface area contributed by atoms with E-state index in [9.17, 15) is 24.9 Å². The fourth-order valence-corrected chi connectivity index (χ4v) is 8.69. The summed E-state index contributed by atoms with van der Waals surface area (Å²) < 4.78 is 36.8. The maximum Gasteiger partial charge on any atom is 0.472 e. The summed E-state index contributed by atoms with van der Waals surface area (Å²) in [7, 11) is -4.64. The van der Waals surface area contributed by atoms with E-state index in [1.165, 1.54) is 107 Å². The van der Waals surface area contributed by atoms with Gasteiger partial charge in [0.2, 0.25) is 5.60 Å². The van der Waals surface area contributed by atoms with E-state index in [-0.39, 0.29) is 23.4 Å². The molecular formula is C40H62N5O8PS. The first-order chi connectivity index (χ1) is 26.7. The van der Waals surface area contributed by atoms with Crippen molar-refractivity contribution in [3.63, 3.8) is 0 Å². The molecule has 1 unspecified atom stereocenters. The van der Waals surface area contributed by atoms with Crippen molar-refractivity contribution < 1.29 is 38.2 Å². The second-order valence-electron chi connectivity index (χ2n) is 14.5. The van der Waals surface area contributed by atoms with Crippen LogP contribution in [0.25, 0.3) is 5.52 Å². The van der Waals surface area contributed by atoms with Gasteiger partial charge in [-0.05, 0) is 24.1 Å². The number of unbranched alkanes of at least 4 members (excludes halogenated alkanes) is 15. The highest BCUT2D eigenvalue weighted by Gasteiger charge is 2.58. The number of nitrogens with two attached hydrogens (primary N) is 1. The predicted octanol–water partition coefficient (Wildman–Crippen LogP) is 7.86. The Morgan fingerprint density at radius 3 is 2.16 bits per heavy atom. The summed E-state index contributed by atoms with van der Waals surface area (Å²) in [6, 6.07) is 14.9. The van der Waals surface area contributed by atoms with Crippen molar-refractivity contribution in [3.05, 3.63) is 60.0 Å². The SMILES string of the molecule is CCCCCCCCCCCCCCCCCCOC[C@H](COP(=O)(O)OC[C@H]1O[C@@](C#N)(c2ccc3c(N)ncnn23)[C@H](O)[C@@H]1O)SCc1ccccc1. The van der Waals surface area contributed by atoms with Gasteiger partial charge in [0, 0.05) is 12.4 Å². The largest absolute Gasteiger partial charge is 0.472 e. The standard InChI is InChI=1S/C40H62N5O8PS/c1-2-3-4-5-6-7-8-9-10-11-12-13-14-15-16-20-25-50-26-33(55-29-32-21-18-17-19-22-32)27-51-54(48,49)52-28-35-37(46)38(47)40(30-41,53-35)36-24-23-34-39(42)43-31-44-45(34)36/h17-19,21-24,31,33,35,37-38,46-47H,2-16,20,25-29H2,1H3,(H,48,49)(H2,42,43,44)/t33-,35-,37-,38-,40+/m1/s1. The maximum atomic E-state index is 13.0. The van der Waals surface area contributed by atoms with Gasteiger partial charge in [-0.25, -0.2) is 14.1 Å². The monoisotopic (exact) mass is 803 g/mol. The number of nitriles is 1. The second kappa shape index (κ2) is 24.3. The topological polar surface area (TPSA) is 195 Å². The molecule has 55 heavy (non-hydrogen) atoms. The zero-order valence-corrected chi connectivity index (χ0v) is 34.1. The molecule has 1 saturated heterocycles. The fraction of sp³-hybridized carbons (Fsp3) is 0.675. The van der Waals surface area contributed by atoms with E-state index in [2.05, 4.69) is 17.0 Å². The summed E-state index contributed by atoms with van der Waals surface area (Å²) in [5, 5.41) is 35.8. The van der Waals surface area contributed by atoms with Crippen molar-refractivity contribution in [3.8, 4) is 6.07 Å². The Morgan fingerprint density at radius 1 is 0.927 bits per heavy atom. The van der Waals surface area contributed by atoms with Gasteiger partial charge in [0.25, 0.3) is 0 Å². The molecule has 0 bridgehead atoms. The summed E-state index contributed by atoms with van der Waals surface area (Å²) in [4.78, 5) is 14.5. The smallest absolute Gasteiger partial charge is 0.387 e. The van der Waals surface area contributed by atoms with Crippen molar-refractivity contribution in [1.29, 1.82) is 5.26 Å². The number of thioether (sulfide) groups is 1. The number of fused-ring (bicyclic) bond motifs is 1. The van der Waals surface area contributed by atoms with Crippen LogP contribution in [0.3, 0.4) is 0 Å². The number of nitrogen functional groups attached to an aromatic ring is 1. The molecule has 0 spiro atoms. The number of ether oxygens (including phenoxy) is 2. The molecule has 13 nitrogen and oxygen atoms in total. The Bertz CT molecular complexity index is 1610. The highest BCUT2D eigenvalue weighted by atomic mass is 32.2. The van der Waals surface area contributed by atoms with Crippen molar-refractivity contribution in [2.24, 2.45) is 0 Å². The zero-order chi connectivity index (χ0) is 39.4. The number of nitrogens with zero attached hydrogens (tertiary/aromatic N) is 4. The number of aliphatic hydroxyl groups is 2. The Balaban J connectivity index is 1.15. The Morgan fingerprint density at radius 2 is 1.55 bits per heavy atom. The maximum absolute atomic E-state index is 13.0. The molecule has 306 valence electrons. The van der Waals surface area contributed by atoms with E-state index in [4.69, 9.17) is 24.3 Å². The van der Waals surface area contributed by atoms with E-state index >= 15 is 0 Å². The highest BCUT2D eigenvalue weighted by Crippen LogP contribution is 2.46. The van der Waals surface area contributed by atoms with Crippen LogP contribution in [0.15, 0.2) is 48.8 Å². The molecule has 0 aliphatic carbocycles. The number of anilines is 1. The van der Waals surface area contributed by atoms with E-state index in [1.54, 1.807) is 17.8 Å². The number of aliphatic hydroxyl groups excluding tert-OH is 2. The first-order valence-electron chi connectivity index (χ1n) is 20.1. The molecule has 5 N–H and O–H groups in total. The number of hydrogen-bond acceptors (Lipinski definition) is 12. The molecule has 4 rings (SSSR count). The molecule has 1 aromatic carbocycles. The van der Waals surface area contributed by atoms with Crippen LogP contribution < -0.4 is 5.73 Å². The average molecular weight is 804 g/mol. The fourth-order valence-electron chi connectivity index (χ4n) is 6.83. The molecule has 0 saturated carbocycles. The molecule has 2 aromatic heterocycles. The highest BCUT2D eigenvalue weighted by molar-refractivity contribution is 7.99. The lowest BCUT2D eigenvalue weighted by atomic mass is 9.92. The Labute approximate surface area is 330 Å². The first kappa shape index (κ1) is 45.1. The van der Waals surface area contributed by atoms with Gasteiger partial charge in [0.1, 0.15) is 36.2 Å². The summed E-state index contributed by atoms with van der Waals surface area (Å²) in [5.41, 5.74) is 5.44. The van der Waals surface area contributed by atoms with Crippen LogP contribution in [0, 0.1) is 11.3 Å². The molecule has 1 aliphatic heterocycles. The van der Waals surface area contributed by atoms with Crippen LogP contribution in [-0.2, 0) is 34.4 Å². The normalized spacial score (nSPS) is 21.5. The summed E-state index contributed by atoms with van der Waals surface area (Å²) in [6.45, 7) is 2.44. The van der Waals surface area contributed by atoms with Crippen LogP contribution in [-0.4, -0.2) is 79.7 Å². The zero-order valence-electron chi connectivity index (χ0n) is 32.4. The third-order valence-electron chi connectivity index (χ3n) is 10.1. The van der Waals surface area contributed by atoms with Gasteiger partial charge < -0.3 is 30.3 Å². The number of benzene rings is 1. The van der Waals surface area contributed by atoms with E-state index in [0.717, 1.165) is 18.4 Å². The third kappa shape index (κ3) is 14.4. The lowest BCUT2D eigenvalue weighted by Gasteiger charge is -2.24. The van der Waals surface area contributed by atoms with Crippen LogP contribution in [0.1, 0.15) is 121 Å². The minimum atomic E-state index is -4.64. The van der Waals surface area contributed by atoms with Crippen LogP contribution in [0.5, 0.6) is 0 Å². The predicted molar refractivity (Wildman–Crippen MR) is 215 cm³/mol. The molecule has 0 amide bonds. The van der Waals surface area contributed by atoms with Crippen LogP contribution >= 0.6 is 19.6 Å². The lowest BCUT2D eigenvalue weighted by Crippen LogP contribution is -2.41. The Kier molecular flexibility index (Phi) is 19.9. The molecule has 1 aliphatic rings. The van der Waals surface area contributed by atoms with E-state index in [1.807, 2.05) is 36.4 Å². The van der Waals surface area contributed by atoms with Crippen LogP contribution in [0.4, 0.5) is 5.82 Å². The average Bonchev–Trinajstić information content (AvgIpc) is 3.74. The second-order valence-corrected chi connectivity index (χ2v) is 17.2. The van der Waals surface area contributed by atoms with E-state index in [0.29, 0.717) is 24.5 Å². The number of phosphoric acid groups is 1. The Hall–Kier alpha value is -2.57. The van der Waals surface area contributed by atoms with Gasteiger partial charge in [-0.15, -0.1) is 11.8 Å². The van der Waals surface area contributed by atoms with Gasteiger partial charge >= 0.3 is 7.82 Å². The van der Waals surface area contributed by atoms with Gasteiger partial charge in [-0.1, -0.05) is 134 Å². The number of phosphoric ester groups is 1. The molecular weight excluding hydrogens is 742 g/mol. The molecule has 3 aromatic rings. The van der Waals surface area contributed by atoms with Gasteiger partial charge in [0.05, 0.1) is 30.8 Å². The minimum Gasteiger partial charge on any atom is -0.387 e. The molecule has 15 heteroatoms. The third-order valence-corrected chi connectivity index (χ3v) is 12.3. The van der Waals surface area contributed by atoms with E-state index < -0.39 is 38.3 Å². The first-order valence-corrected chi connectivity index (χ1v) is 22.6. The molecule has 6 atom stereocenters. The van der Waals surface area contributed by atoms with Gasteiger partial charge in [0.15, 0.2) is 5.82 Å². The summed E-state index contributed by atoms with van der Waals surface area (Å²) in [6.07, 6.45) is 17.3. The lowest BCUT2D eigenvalue weighted by molar-refractivity contribution is -0.0643. The summed E-state index contributed by atoms with van der Waals surface area (Å²) in [5.74, 6) is 0.807. The number of aromatic nitrogens is 3. The van der Waals surface area contributed by atoms with Gasteiger partial charge in [-0.2, -0.15) is 10.4 Å². The molecule has 0 radical (unpaired) electrons. The van der Waals surface area contributed by atoms with Gasteiger partial charge in [-0.3, -0.25) is 9.05 Å². The van der Waals surface area contributed by atoms with Crippen molar-refractivity contribution >= 4 is 30.9 Å². The summed E-state index contributed by atoms with van der Waals surface area (Å²) >= 11 is 1.56. The quantitative estimate of drug-likeness (QED) is 0.0392. The number of hydrogen-bond donors (Lipinski definition) is 4. The van der Waals surface area contributed by atoms with Crippen molar-refractivity contribution in [2.75, 3.05) is 32.2 Å².